The summed E-state index contributed by atoms with van der Waals surface area (Å²) in [6.07, 6.45) is -2.12. The molecule has 0 aliphatic carbocycles. The van der Waals surface area contributed by atoms with Crippen LogP contribution in [-0.4, -0.2) is 39.9 Å². The van der Waals surface area contributed by atoms with Gasteiger partial charge in [0.1, 0.15) is 22.5 Å². The van der Waals surface area contributed by atoms with Gasteiger partial charge in [-0.1, -0.05) is 6.58 Å². The summed E-state index contributed by atoms with van der Waals surface area (Å²) in [4.78, 5) is 37.3. The Kier molecular flexibility index (Phi) is 6.62. The van der Waals surface area contributed by atoms with Crippen molar-refractivity contribution in [1.82, 2.24) is 4.90 Å². The molecule has 7 heteroatoms. The molecule has 0 aromatic carbocycles. The minimum atomic E-state index is -1.06. The van der Waals surface area contributed by atoms with Crippen LogP contribution >= 0.6 is 0 Å². The van der Waals surface area contributed by atoms with Crippen molar-refractivity contribution in [2.75, 3.05) is 0 Å². The van der Waals surface area contributed by atoms with Crippen molar-refractivity contribution in [1.29, 1.82) is 0 Å². The molecule has 0 radical (unpaired) electrons. The molecule has 2 amide bonds. The largest absolute Gasteiger partial charge is 0.455 e. The van der Waals surface area contributed by atoms with Crippen LogP contribution in [0.3, 0.4) is 0 Å². The smallest absolute Gasteiger partial charge is 0.424 e. The van der Waals surface area contributed by atoms with Gasteiger partial charge in [-0.05, 0) is 62.3 Å². The van der Waals surface area contributed by atoms with Gasteiger partial charge in [-0.15, -0.1) is 0 Å². The van der Waals surface area contributed by atoms with Crippen molar-refractivity contribution in [3.63, 3.8) is 0 Å². The molecule has 0 saturated carbocycles. The van der Waals surface area contributed by atoms with Gasteiger partial charge >= 0.3 is 18.2 Å². The Bertz CT molecular complexity index is 489. The summed E-state index contributed by atoms with van der Waals surface area (Å²) in [5.41, 5.74) is -3.03. The first-order chi connectivity index (χ1) is 10.4. The van der Waals surface area contributed by atoms with E-state index in [1.54, 1.807) is 62.3 Å². The van der Waals surface area contributed by atoms with E-state index in [2.05, 4.69) is 6.58 Å². The second kappa shape index (κ2) is 7.23. The van der Waals surface area contributed by atoms with Crippen molar-refractivity contribution in [2.45, 2.75) is 79.1 Å². The van der Waals surface area contributed by atoms with Gasteiger partial charge in [0.05, 0.1) is 0 Å². The number of nitrogens with zero attached hydrogens (tertiary/aromatic N) is 1. The van der Waals surface area contributed by atoms with Crippen molar-refractivity contribution >= 4 is 18.2 Å². The normalized spacial score (nSPS) is 12.2. The third-order valence-electron chi connectivity index (χ3n) is 2.06. The van der Waals surface area contributed by atoms with Gasteiger partial charge in [0.25, 0.3) is 0 Å². The molecule has 0 aromatic heterocycles. The van der Waals surface area contributed by atoms with Crippen LogP contribution in [0.2, 0.25) is 0 Å². The number of hydrogen-bond acceptors (Lipinski definition) is 6. The van der Waals surface area contributed by atoms with Crippen molar-refractivity contribution in [2.24, 2.45) is 0 Å². The first-order valence-corrected chi connectivity index (χ1v) is 7.61. The Morgan fingerprint density at radius 1 is 0.667 bits per heavy atom. The Morgan fingerprint density at radius 2 is 0.958 bits per heavy atom. The summed E-state index contributed by atoms with van der Waals surface area (Å²) in [5.74, 6) is -0.917. The van der Waals surface area contributed by atoms with E-state index in [4.69, 9.17) is 14.2 Å². The summed E-state index contributed by atoms with van der Waals surface area (Å²) < 4.78 is 15.5. The molecule has 0 bridgehead atoms. The predicted molar refractivity (Wildman–Crippen MR) is 89.3 cm³/mol. The summed E-state index contributed by atoms with van der Waals surface area (Å²) >= 11 is 0. The minimum absolute atomic E-state index is 0.449. The molecule has 0 aliphatic heterocycles. The molecule has 0 N–H and O–H groups in total. The molecular weight excluding hydrogens is 314 g/mol. The Balaban J connectivity index is 5.54. The molecule has 0 aromatic rings. The van der Waals surface area contributed by atoms with Crippen LogP contribution in [0, 0.1) is 0 Å². The Hall–Kier alpha value is -2.05. The number of carbonyl (C=O) groups excluding carboxylic acids is 3. The van der Waals surface area contributed by atoms with Crippen LogP contribution in [0.1, 0.15) is 62.3 Å². The van der Waals surface area contributed by atoms with E-state index >= 15 is 0 Å². The average molecular weight is 343 g/mol. The third-order valence-corrected chi connectivity index (χ3v) is 2.06. The first kappa shape index (κ1) is 21.9. The van der Waals surface area contributed by atoms with Gasteiger partial charge in [-0.25, -0.2) is 14.4 Å². The van der Waals surface area contributed by atoms with Crippen molar-refractivity contribution in [3.8, 4) is 0 Å². The lowest BCUT2D eigenvalue weighted by atomic mass is 10.2. The highest BCUT2D eigenvalue weighted by molar-refractivity contribution is 6.00. The molecular formula is C17H29NO6. The molecule has 0 aliphatic rings. The van der Waals surface area contributed by atoms with E-state index in [-0.39, 0.29) is 0 Å². The predicted octanol–water partition coefficient (Wildman–Crippen LogP) is 4.01. The Labute approximate surface area is 143 Å². The van der Waals surface area contributed by atoms with Crippen molar-refractivity contribution < 1.29 is 28.6 Å². The Morgan fingerprint density at radius 3 is 1.21 bits per heavy atom. The SMILES string of the molecule is C=C(C(=O)OC(C)(C)C)N(C(=O)OC(C)(C)C)C(=O)OC(C)(C)C. The van der Waals surface area contributed by atoms with Crippen LogP contribution < -0.4 is 0 Å². The lowest BCUT2D eigenvalue weighted by Gasteiger charge is -2.29. The molecule has 0 unspecified atom stereocenters. The van der Waals surface area contributed by atoms with Gasteiger partial charge in [-0.3, -0.25) is 0 Å². The quantitative estimate of drug-likeness (QED) is 0.428. The molecule has 7 nitrogen and oxygen atoms in total. The molecule has 0 rings (SSSR count). The fourth-order valence-electron chi connectivity index (χ4n) is 1.34. The van der Waals surface area contributed by atoms with E-state index in [9.17, 15) is 14.4 Å². The first-order valence-electron chi connectivity index (χ1n) is 7.61. The van der Waals surface area contributed by atoms with Crippen LogP contribution in [-0.2, 0) is 19.0 Å². The van der Waals surface area contributed by atoms with E-state index < -0.39 is 40.7 Å². The lowest BCUT2D eigenvalue weighted by molar-refractivity contribution is -0.151. The van der Waals surface area contributed by atoms with Gasteiger partial charge in [0, 0.05) is 0 Å². The van der Waals surface area contributed by atoms with Gasteiger partial charge < -0.3 is 14.2 Å². The highest BCUT2D eigenvalue weighted by Crippen LogP contribution is 2.20. The van der Waals surface area contributed by atoms with E-state index in [0.717, 1.165) is 0 Å². The maximum Gasteiger partial charge on any atom is 0.424 e. The molecule has 0 saturated heterocycles. The van der Waals surface area contributed by atoms with Gasteiger partial charge in [-0.2, -0.15) is 4.90 Å². The lowest BCUT2D eigenvalue weighted by Crippen LogP contribution is -2.45. The number of ether oxygens (including phenoxy) is 3. The molecule has 138 valence electrons. The number of rotatable bonds is 2. The molecule has 0 atom stereocenters. The zero-order chi connectivity index (χ0) is 19.5. The number of hydrogen-bond donors (Lipinski definition) is 0. The monoisotopic (exact) mass is 343 g/mol. The highest BCUT2D eigenvalue weighted by atomic mass is 16.6. The zero-order valence-corrected chi connectivity index (χ0v) is 16.1. The van der Waals surface area contributed by atoms with Crippen LogP contribution in [0.4, 0.5) is 9.59 Å². The second-order valence-electron chi connectivity index (χ2n) is 8.24. The number of imide groups is 1. The van der Waals surface area contributed by atoms with Gasteiger partial charge in [0.15, 0.2) is 0 Å². The number of esters is 1. The average Bonchev–Trinajstić information content (AvgIpc) is 2.20. The maximum atomic E-state index is 12.3. The standard InChI is InChI=1S/C17H29NO6/c1-11(12(19)22-15(2,3)4)18(13(20)23-16(5,6)7)14(21)24-17(8,9)10/h1H2,2-10H3. The molecule has 0 spiro atoms. The number of amides is 2. The summed E-state index contributed by atoms with van der Waals surface area (Å²) in [6, 6.07) is 0. The fourth-order valence-corrected chi connectivity index (χ4v) is 1.34. The topological polar surface area (TPSA) is 82.1 Å². The van der Waals surface area contributed by atoms with Crippen molar-refractivity contribution in [3.05, 3.63) is 12.3 Å². The summed E-state index contributed by atoms with van der Waals surface area (Å²) in [5, 5.41) is 0. The molecule has 0 fully saturated rings. The maximum absolute atomic E-state index is 12.3. The molecule has 0 heterocycles. The second-order valence-corrected chi connectivity index (χ2v) is 8.24. The minimum Gasteiger partial charge on any atom is -0.455 e. The summed E-state index contributed by atoms with van der Waals surface area (Å²) in [7, 11) is 0. The van der Waals surface area contributed by atoms with Crippen LogP contribution in [0.5, 0.6) is 0 Å². The molecule has 24 heavy (non-hydrogen) atoms. The van der Waals surface area contributed by atoms with E-state index in [1.165, 1.54) is 0 Å². The van der Waals surface area contributed by atoms with Crippen LogP contribution in [0.15, 0.2) is 12.3 Å². The summed E-state index contributed by atoms with van der Waals surface area (Å²) in [6.45, 7) is 18.3. The number of carbonyl (C=O) groups is 3. The van der Waals surface area contributed by atoms with E-state index in [1.807, 2.05) is 0 Å². The van der Waals surface area contributed by atoms with E-state index in [0.29, 0.717) is 4.90 Å². The third kappa shape index (κ3) is 8.55. The zero-order valence-electron chi connectivity index (χ0n) is 16.1. The van der Waals surface area contributed by atoms with Crippen LogP contribution in [0.25, 0.3) is 0 Å². The highest BCUT2D eigenvalue weighted by Gasteiger charge is 2.37. The van der Waals surface area contributed by atoms with Gasteiger partial charge in [0.2, 0.25) is 0 Å². The fraction of sp³-hybridized carbons (Fsp3) is 0.706.